The molecule has 1 heteroatoms. The predicted molar refractivity (Wildman–Crippen MR) is 83.3 cm³/mol. The second kappa shape index (κ2) is 7.09. The first-order chi connectivity index (χ1) is 9.29. The van der Waals surface area contributed by atoms with Gasteiger partial charge in [-0.3, -0.25) is 0 Å². The summed E-state index contributed by atoms with van der Waals surface area (Å²) in [5.74, 6) is 0. The van der Waals surface area contributed by atoms with E-state index in [4.69, 9.17) is 0 Å². The van der Waals surface area contributed by atoms with Gasteiger partial charge in [0.15, 0.2) is 0 Å². The van der Waals surface area contributed by atoms with E-state index in [1.54, 1.807) is 0 Å². The maximum Gasteiger partial charge on any atom is 0.0320 e. The van der Waals surface area contributed by atoms with E-state index in [0.717, 1.165) is 0 Å². The van der Waals surface area contributed by atoms with E-state index in [-0.39, 0.29) is 0 Å². The number of hydrogen-bond donors (Lipinski definition) is 1. The van der Waals surface area contributed by atoms with Crippen molar-refractivity contribution in [2.24, 2.45) is 5.41 Å². The standard InChI is InChI=1S/C18H29N/c1-3-5-7-12-17(16-10-8-6-9-11-16)19-15-18(4-2)13-14-18/h6,8-11,17,19H,3-5,7,12-15H2,1-2H3. The molecule has 106 valence electrons. The Labute approximate surface area is 118 Å². The van der Waals surface area contributed by atoms with Gasteiger partial charge in [0, 0.05) is 12.6 Å². The Balaban J connectivity index is 1.90. The van der Waals surface area contributed by atoms with E-state index in [1.807, 2.05) is 0 Å². The van der Waals surface area contributed by atoms with Crippen molar-refractivity contribution < 1.29 is 0 Å². The molecule has 1 saturated carbocycles. The molecule has 19 heavy (non-hydrogen) atoms. The number of rotatable bonds is 9. The fraction of sp³-hybridized carbons (Fsp3) is 0.667. The third-order valence-corrected chi connectivity index (χ3v) is 4.73. The summed E-state index contributed by atoms with van der Waals surface area (Å²) in [6.45, 7) is 5.82. The van der Waals surface area contributed by atoms with Crippen LogP contribution >= 0.6 is 0 Å². The van der Waals surface area contributed by atoms with Gasteiger partial charge in [0.05, 0.1) is 0 Å². The molecule has 1 N–H and O–H groups in total. The Morgan fingerprint density at radius 3 is 2.42 bits per heavy atom. The van der Waals surface area contributed by atoms with Crippen LogP contribution < -0.4 is 5.32 Å². The molecule has 1 atom stereocenters. The molecular weight excluding hydrogens is 230 g/mol. The molecule has 1 aliphatic rings. The molecule has 0 aromatic heterocycles. The van der Waals surface area contributed by atoms with Gasteiger partial charge < -0.3 is 5.32 Å². The van der Waals surface area contributed by atoms with Gasteiger partial charge in [-0.1, -0.05) is 63.4 Å². The lowest BCUT2D eigenvalue weighted by Gasteiger charge is -2.22. The highest BCUT2D eigenvalue weighted by Gasteiger charge is 2.40. The Morgan fingerprint density at radius 2 is 1.84 bits per heavy atom. The molecule has 1 aromatic carbocycles. The number of nitrogens with one attached hydrogen (secondary N) is 1. The molecule has 0 aliphatic heterocycles. The lowest BCUT2D eigenvalue weighted by atomic mass is 9.98. The fourth-order valence-electron chi connectivity index (χ4n) is 2.84. The summed E-state index contributed by atoms with van der Waals surface area (Å²) in [6.07, 6.45) is 9.45. The summed E-state index contributed by atoms with van der Waals surface area (Å²) in [4.78, 5) is 0. The zero-order valence-electron chi connectivity index (χ0n) is 12.6. The van der Waals surface area contributed by atoms with Crippen molar-refractivity contribution in [3.8, 4) is 0 Å². The molecule has 0 bridgehead atoms. The van der Waals surface area contributed by atoms with E-state index in [0.29, 0.717) is 11.5 Å². The molecule has 0 amide bonds. The predicted octanol–water partition coefficient (Wildman–Crippen LogP) is 5.09. The summed E-state index contributed by atoms with van der Waals surface area (Å²) >= 11 is 0. The van der Waals surface area contributed by atoms with Crippen LogP contribution in [0.25, 0.3) is 0 Å². The van der Waals surface area contributed by atoms with Crippen LogP contribution in [0.15, 0.2) is 30.3 Å². The monoisotopic (exact) mass is 259 g/mol. The SMILES string of the molecule is CCCCCC(NCC1(CC)CC1)c1ccccc1. The van der Waals surface area contributed by atoms with E-state index >= 15 is 0 Å². The van der Waals surface area contributed by atoms with Crippen molar-refractivity contribution >= 4 is 0 Å². The smallest absolute Gasteiger partial charge is 0.0320 e. The minimum atomic E-state index is 0.553. The highest BCUT2D eigenvalue weighted by atomic mass is 14.9. The van der Waals surface area contributed by atoms with Gasteiger partial charge in [0.25, 0.3) is 0 Å². The largest absolute Gasteiger partial charge is 0.309 e. The molecule has 0 saturated heterocycles. The van der Waals surface area contributed by atoms with E-state index in [9.17, 15) is 0 Å². The first-order valence-electron chi connectivity index (χ1n) is 8.08. The van der Waals surface area contributed by atoms with Crippen LogP contribution in [0.5, 0.6) is 0 Å². The van der Waals surface area contributed by atoms with Gasteiger partial charge in [-0.2, -0.15) is 0 Å². The van der Waals surface area contributed by atoms with Crippen LogP contribution in [-0.4, -0.2) is 6.54 Å². The number of benzene rings is 1. The van der Waals surface area contributed by atoms with Gasteiger partial charge in [0.2, 0.25) is 0 Å². The van der Waals surface area contributed by atoms with Crippen molar-refractivity contribution in [3.05, 3.63) is 35.9 Å². The van der Waals surface area contributed by atoms with Crippen molar-refractivity contribution in [2.75, 3.05) is 6.54 Å². The minimum absolute atomic E-state index is 0.553. The third-order valence-electron chi connectivity index (χ3n) is 4.73. The van der Waals surface area contributed by atoms with Crippen molar-refractivity contribution in [2.45, 2.75) is 64.8 Å². The topological polar surface area (TPSA) is 12.0 Å². The first kappa shape index (κ1) is 14.6. The summed E-state index contributed by atoms with van der Waals surface area (Å²) in [7, 11) is 0. The van der Waals surface area contributed by atoms with Crippen LogP contribution in [0.2, 0.25) is 0 Å². The summed E-state index contributed by atoms with van der Waals surface area (Å²) < 4.78 is 0. The van der Waals surface area contributed by atoms with Crippen LogP contribution in [0.3, 0.4) is 0 Å². The molecule has 1 unspecified atom stereocenters. The molecule has 1 nitrogen and oxygen atoms in total. The lowest BCUT2D eigenvalue weighted by molar-refractivity contribution is 0.386. The van der Waals surface area contributed by atoms with Crippen LogP contribution in [0.1, 0.15) is 70.4 Å². The Kier molecular flexibility index (Phi) is 5.45. The van der Waals surface area contributed by atoms with Crippen molar-refractivity contribution in [1.82, 2.24) is 5.32 Å². The van der Waals surface area contributed by atoms with Crippen molar-refractivity contribution in [1.29, 1.82) is 0 Å². The second-order valence-electron chi connectivity index (χ2n) is 6.19. The highest BCUT2D eigenvalue weighted by molar-refractivity contribution is 5.19. The Hall–Kier alpha value is -0.820. The lowest BCUT2D eigenvalue weighted by Crippen LogP contribution is -2.28. The van der Waals surface area contributed by atoms with E-state index in [2.05, 4.69) is 49.5 Å². The zero-order valence-corrected chi connectivity index (χ0v) is 12.6. The maximum absolute atomic E-state index is 3.85. The fourth-order valence-corrected chi connectivity index (χ4v) is 2.84. The van der Waals surface area contributed by atoms with Crippen LogP contribution in [0.4, 0.5) is 0 Å². The molecule has 0 spiro atoms. The number of hydrogen-bond acceptors (Lipinski definition) is 1. The molecule has 0 radical (unpaired) electrons. The molecule has 1 aliphatic carbocycles. The van der Waals surface area contributed by atoms with Crippen molar-refractivity contribution in [3.63, 3.8) is 0 Å². The van der Waals surface area contributed by atoms with Gasteiger partial charge >= 0.3 is 0 Å². The van der Waals surface area contributed by atoms with Crippen LogP contribution in [-0.2, 0) is 0 Å². The molecule has 1 aromatic rings. The van der Waals surface area contributed by atoms with Gasteiger partial charge in [-0.05, 0) is 36.7 Å². The summed E-state index contributed by atoms with van der Waals surface area (Å²) in [5, 5.41) is 3.85. The zero-order chi connectivity index (χ0) is 13.6. The van der Waals surface area contributed by atoms with Gasteiger partial charge in [-0.25, -0.2) is 0 Å². The Morgan fingerprint density at radius 1 is 1.11 bits per heavy atom. The average molecular weight is 259 g/mol. The molecule has 2 rings (SSSR count). The average Bonchev–Trinajstić information content (AvgIpc) is 3.24. The normalized spacial score (nSPS) is 18.2. The molecular formula is C18H29N. The van der Waals surface area contributed by atoms with Gasteiger partial charge in [0.1, 0.15) is 0 Å². The first-order valence-corrected chi connectivity index (χ1v) is 8.08. The summed E-state index contributed by atoms with van der Waals surface area (Å²) in [5.41, 5.74) is 2.10. The minimum Gasteiger partial charge on any atom is -0.309 e. The van der Waals surface area contributed by atoms with Crippen LogP contribution in [0, 0.1) is 5.41 Å². The second-order valence-corrected chi connectivity index (χ2v) is 6.19. The molecule has 1 fully saturated rings. The highest BCUT2D eigenvalue weighted by Crippen LogP contribution is 2.48. The number of unbranched alkanes of at least 4 members (excludes halogenated alkanes) is 2. The summed E-state index contributed by atoms with van der Waals surface area (Å²) in [6, 6.07) is 11.5. The quantitative estimate of drug-likeness (QED) is 0.609. The maximum atomic E-state index is 3.85. The third kappa shape index (κ3) is 4.35. The molecule has 0 heterocycles. The Bertz CT molecular complexity index is 353. The van der Waals surface area contributed by atoms with E-state index in [1.165, 1.54) is 57.1 Å². The van der Waals surface area contributed by atoms with E-state index < -0.39 is 0 Å². The van der Waals surface area contributed by atoms with Gasteiger partial charge in [-0.15, -0.1) is 0 Å².